The van der Waals surface area contributed by atoms with Crippen LogP contribution >= 0.6 is 0 Å². The zero-order valence-corrected chi connectivity index (χ0v) is 9.36. The van der Waals surface area contributed by atoms with Gasteiger partial charge < -0.3 is 4.74 Å². The van der Waals surface area contributed by atoms with Gasteiger partial charge in [0.15, 0.2) is 0 Å². The van der Waals surface area contributed by atoms with Gasteiger partial charge in [0.05, 0.1) is 7.11 Å². The summed E-state index contributed by atoms with van der Waals surface area (Å²) in [5, 5.41) is 0. The molecule has 1 aromatic rings. The maximum absolute atomic E-state index is 11.0. The Balaban J connectivity index is 2.84. The standard InChI is InChI=1S/C13H16O2/c1-13(2,10-9-12(14)15-3)11-7-5-4-6-8-11/h4-10H,1-3H3/b10-9+. The number of benzene rings is 1. The third-order valence-electron chi connectivity index (χ3n) is 2.36. The SMILES string of the molecule is COC(=O)/C=C/C(C)(C)c1ccccc1. The predicted molar refractivity (Wildman–Crippen MR) is 60.6 cm³/mol. The van der Waals surface area contributed by atoms with Gasteiger partial charge in [-0.1, -0.05) is 50.3 Å². The van der Waals surface area contributed by atoms with Gasteiger partial charge >= 0.3 is 5.97 Å². The van der Waals surface area contributed by atoms with Crippen LogP contribution in [-0.4, -0.2) is 13.1 Å². The second-order valence-corrected chi connectivity index (χ2v) is 3.94. The second kappa shape index (κ2) is 4.78. The van der Waals surface area contributed by atoms with Crippen LogP contribution in [0.25, 0.3) is 0 Å². The lowest BCUT2D eigenvalue weighted by molar-refractivity contribution is -0.134. The molecule has 0 unspecified atom stereocenters. The summed E-state index contributed by atoms with van der Waals surface area (Å²) in [5.41, 5.74) is 1.01. The number of carbonyl (C=O) groups excluding carboxylic acids is 1. The molecule has 1 aromatic carbocycles. The van der Waals surface area contributed by atoms with Crippen LogP contribution in [0.4, 0.5) is 0 Å². The average Bonchev–Trinajstić information content (AvgIpc) is 2.27. The highest BCUT2D eigenvalue weighted by atomic mass is 16.5. The summed E-state index contributed by atoms with van der Waals surface area (Å²) in [6, 6.07) is 10.0. The lowest BCUT2D eigenvalue weighted by Gasteiger charge is -2.20. The first-order chi connectivity index (χ1) is 7.06. The molecule has 0 radical (unpaired) electrons. The minimum absolute atomic E-state index is 0.157. The van der Waals surface area contributed by atoms with E-state index in [0.29, 0.717) is 0 Å². The van der Waals surface area contributed by atoms with Crippen LogP contribution in [0.1, 0.15) is 19.4 Å². The normalized spacial score (nSPS) is 11.7. The zero-order chi connectivity index (χ0) is 11.3. The van der Waals surface area contributed by atoms with Crippen molar-refractivity contribution >= 4 is 5.97 Å². The Morgan fingerprint density at radius 3 is 2.40 bits per heavy atom. The number of ether oxygens (including phenoxy) is 1. The monoisotopic (exact) mass is 204 g/mol. The fourth-order valence-corrected chi connectivity index (χ4v) is 1.31. The molecule has 0 saturated heterocycles. The number of rotatable bonds is 3. The van der Waals surface area contributed by atoms with Crippen LogP contribution in [0.2, 0.25) is 0 Å². The summed E-state index contributed by atoms with van der Waals surface area (Å²) in [5.74, 6) is -0.320. The Morgan fingerprint density at radius 1 is 1.27 bits per heavy atom. The molecule has 80 valence electrons. The van der Waals surface area contributed by atoms with Crippen LogP contribution in [0, 0.1) is 0 Å². The number of hydrogen-bond acceptors (Lipinski definition) is 2. The first-order valence-electron chi connectivity index (χ1n) is 4.89. The maximum Gasteiger partial charge on any atom is 0.330 e. The molecule has 0 fully saturated rings. The van der Waals surface area contributed by atoms with Crippen molar-refractivity contribution in [2.45, 2.75) is 19.3 Å². The quantitative estimate of drug-likeness (QED) is 0.559. The summed E-state index contributed by atoms with van der Waals surface area (Å²) in [7, 11) is 1.38. The summed E-state index contributed by atoms with van der Waals surface area (Å²) >= 11 is 0. The predicted octanol–water partition coefficient (Wildman–Crippen LogP) is 2.69. The van der Waals surface area contributed by atoms with E-state index in [2.05, 4.69) is 18.6 Å². The highest BCUT2D eigenvalue weighted by Crippen LogP contribution is 2.24. The summed E-state index contributed by atoms with van der Waals surface area (Å²) in [6.07, 6.45) is 3.32. The molecule has 0 amide bonds. The van der Waals surface area contributed by atoms with Gasteiger partial charge in [-0.2, -0.15) is 0 Å². The highest BCUT2D eigenvalue weighted by Gasteiger charge is 2.16. The van der Waals surface area contributed by atoms with Crippen molar-refractivity contribution in [3.05, 3.63) is 48.0 Å². The van der Waals surface area contributed by atoms with Crippen LogP contribution < -0.4 is 0 Å². The van der Waals surface area contributed by atoms with Gasteiger partial charge in [-0.25, -0.2) is 4.79 Å². The molecule has 0 aliphatic heterocycles. The van der Waals surface area contributed by atoms with Gasteiger partial charge in [-0.15, -0.1) is 0 Å². The Kier molecular flexibility index (Phi) is 3.67. The molecule has 0 aliphatic carbocycles. The Hall–Kier alpha value is -1.57. The van der Waals surface area contributed by atoms with Gasteiger partial charge in [-0.3, -0.25) is 0 Å². The number of carbonyl (C=O) groups is 1. The van der Waals surface area contributed by atoms with E-state index in [1.165, 1.54) is 18.7 Å². The molecule has 0 heterocycles. The molecule has 0 spiro atoms. The van der Waals surface area contributed by atoms with E-state index < -0.39 is 0 Å². The Bertz CT molecular complexity index is 350. The largest absolute Gasteiger partial charge is 0.466 e. The molecule has 2 nitrogen and oxygen atoms in total. The minimum Gasteiger partial charge on any atom is -0.466 e. The lowest BCUT2D eigenvalue weighted by atomic mass is 9.84. The smallest absolute Gasteiger partial charge is 0.330 e. The first kappa shape index (κ1) is 11.5. The first-order valence-corrected chi connectivity index (χ1v) is 4.89. The van der Waals surface area contributed by atoms with E-state index in [1.54, 1.807) is 0 Å². The molecular weight excluding hydrogens is 188 g/mol. The summed E-state index contributed by atoms with van der Waals surface area (Å²) in [6.45, 7) is 4.11. The molecule has 0 aliphatic rings. The second-order valence-electron chi connectivity index (χ2n) is 3.94. The number of esters is 1. The third-order valence-corrected chi connectivity index (χ3v) is 2.36. The average molecular weight is 204 g/mol. The molecule has 0 saturated carbocycles. The van der Waals surface area contributed by atoms with Gasteiger partial charge in [0.1, 0.15) is 0 Å². The van der Waals surface area contributed by atoms with Gasteiger partial charge in [-0.05, 0) is 5.56 Å². The molecule has 0 bridgehead atoms. The molecule has 0 atom stereocenters. The van der Waals surface area contributed by atoms with E-state index in [4.69, 9.17) is 0 Å². The van der Waals surface area contributed by atoms with Crippen molar-refractivity contribution in [3.8, 4) is 0 Å². The number of hydrogen-bond donors (Lipinski definition) is 0. The minimum atomic E-state index is -0.320. The Morgan fingerprint density at radius 2 is 1.87 bits per heavy atom. The molecule has 0 aromatic heterocycles. The number of methoxy groups -OCH3 is 1. The summed E-state index contributed by atoms with van der Waals surface area (Å²) < 4.78 is 4.56. The van der Waals surface area contributed by atoms with Gasteiger partial charge in [0.2, 0.25) is 0 Å². The van der Waals surface area contributed by atoms with E-state index in [9.17, 15) is 4.79 Å². The van der Waals surface area contributed by atoms with E-state index >= 15 is 0 Å². The van der Waals surface area contributed by atoms with E-state index in [-0.39, 0.29) is 11.4 Å². The van der Waals surface area contributed by atoms with Crippen LogP contribution in [0.5, 0.6) is 0 Å². The molecule has 0 N–H and O–H groups in total. The molecule has 1 rings (SSSR count). The topological polar surface area (TPSA) is 26.3 Å². The van der Waals surface area contributed by atoms with Crippen molar-refractivity contribution in [2.24, 2.45) is 0 Å². The van der Waals surface area contributed by atoms with Crippen molar-refractivity contribution in [1.82, 2.24) is 0 Å². The Labute approximate surface area is 90.6 Å². The number of allylic oxidation sites excluding steroid dienone is 1. The summed E-state index contributed by atoms with van der Waals surface area (Å²) in [4.78, 5) is 11.0. The van der Waals surface area contributed by atoms with Crippen LogP contribution in [-0.2, 0) is 14.9 Å². The highest BCUT2D eigenvalue weighted by molar-refractivity contribution is 5.82. The fraction of sp³-hybridized carbons (Fsp3) is 0.308. The van der Waals surface area contributed by atoms with Gasteiger partial charge in [0.25, 0.3) is 0 Å². The maximum atomic E-state index is 11.0. The van der Waals surface area contributed by atoms with Crippen molar-refractivity contribution < 1.29 is 9.53 Å². The zero-order valence-electron chi connectivity index (χ0n) is 9.36. The van der Waals surface area contributed by atoms with Crippen LogP contribution in [0.3, 0.4) is 0 Å². The van der Waals surface area contributed by atoms with E-state index in [0.717, 1.165) is 0 Å². The lowest BCUT2D eigenvalue weighted by Crippen LogP contribution is -2.14. The van der Waals surface area contributed by atoms with Crippen molar-refractivity contribution in [1.29, 1.82) is 0 Å². The van der Waals surface area contributed by atoms with Crippen LogP contribution in [0.15, 0.2) is 42.5 Å². The van der Waals surface area contributed by atoms with Gasteiger partial charge in [0, 0.05) is 11.5 Å². The van der Waals surface area contributed by atoms with E-state index in [1.807, 2.05) is 36.4 Å². The molecule has 2 heteroatoms. The van der Waals surface area contributed by atoms with Crippen molar-refractivity contribution in [2.75, 3.05) is 7.11 Å². The third kappa shape index (κ3) is 3.24. The molecular formula is C13H16O2. The van der Waals surface area contributed by atoms with Crippen molar-refractivity contribution in [3.63, 3.8) is 0 Å². The fourth-order valence-electron chi connectivity index (χ4n) is 1.31. The molecule has 15 heavy (non-hydrogen) atoms.